The SMILES string of the molecule is [C-]#[N+]c1cccc2c1ccc1c3cc(-c4ccc5c(c4)-c4cc(-c6ccncc6)ccc4C54C5CC6CC(C5)CC4C6)ccc3n(-c3cccc(-c4nc(-c5ccccc5)nc(-c5cccc(C(C)C)c5)n4)c3)c21. The second-order valence-corrected chi connectivity index (χ2v) is 21.9. The Bertz CT molecular complexity index is 4110. The van der Waals surface area contributed by atoms with Crippen LogP contribution in [0.4, 0.5) is 5.69 Å². The Labute approximate surface area is 431 Å². The Balaban J connectivity index is 0.905. The van der Waals surface area contributed by atoms with Gasteiger partial charge >= 0.3 is 0 Å². The molecule has 5 aliphatic rings. The first-order valence-electron chi connectivity index (χ1n) is 26.5. The van der Waals surface area contributed by atoms with Gasteiger partial charge in [-0.25, -0.2) is 19.8 Å². The van der Waals surface area contributed by atoms with Crippen LogP contribution in [-0.2, 0) is 5.41 Å². The number of rotatable bonds is 7. The summed E-state index contributed by atoms with van der Waals surface area (Å²) in [4.78, 5) is 23.8. The molecule has 6 heteroatoms. The molecule has 0 saturated heterocycles. The minimum atomic E-state index is 0.0787. The highest BCUT2D eigenvalue weighted by Crippen LogP contribution is 2.69. The molecule has 0 aliphatic heterocycles. The van der Waals surface area contributed by atoms with Crippen molar-refractivity contribution in [3.05, 3.63) is 216 Å². The van der Waals surface area contributed by atoms with Crippen LogP contribution in [0.2, 0.25) is 0 Å². The summed E-state index contributed by atoms with van der Waals surface area (Å²) in [5, 5.41) is 4.28. The van der Waals surface area contributed by atoms with Gasteiger partial charge in [-0.15, -0.1) is 0 Å². The molecule has 3 heterocycles. The molecule has 8 aromatic carbocycles. The lowest BCUT2D eigenvalue weighted by atomic mass is 9.43. The zero-order valence-corrected chi connectivity index (χ0v) is 41.5. The highest BCUT2D eigenvalue weighted by Gasteiger charge is 2.61. The van der Waals surface area contributed by atoms with Crippen LogP contribution in [0.5, 0.6) is 0 Å². The number of aromatic nitrogens is 5. The quantitative estimate of drug-likeness (QED) is 0.149. The molecular weight excluding hydrogens is 901 g/mol. The molecule has 4 fully saturated rings. The average Bonchev–Trinajstić information content (AvgIpc) is 4.09. The third-order valence-electron chi connectivity index (χ3n) is 17.7. The number of benzene rings is 8. The average molecular weight is 953 g/mol. The molecule has 4 bridgehead atoms. The van der Waals surface area contributed by atoms with Crippen molar-refractivity contribution in [2.75, 3.05) is 0 Å². The van der Waals surface area contributed by atoms with E-state index in [1.165, 1.54) is 71.0 Å². The van der Waals surface area contributed by atoms with Crippen molar-refractivity contribution in [2.24, 2.45) is 23.7 Å². The van der Waals surface area contributed by atoms with E-state index in [1.54, 1.807) is 11.1 Å². The van der Waals surface area contributed by atoms with Gasteiger partial charge in [-0.05, 0) is 177 Å². The zero-order valence-electron chi connectivity index (χ0n) is 41.5. The van der Waals surface area contributed by atoms with Gasteiger partial charge in [0.25, 0.3) is 0 Å². The lowest BCUT2D eigenvalue weighted by Crippen LogP contribution is -2.55. The van der Waals surface area contributed by atoms with Crippen LogP contribution in [0.3, 0.4) is 0 Å². The van der Waals surface area contributed by atoms with Crippen molar-refractivity contribution < 1.29 is 0 Å². The lowest BCUT2D eigenvalue weighted by Gasteiger charge is -2.61. The van der Waals surface area contributed by atoms with Gasteiger partial charge in [0.1, 0.15) is 0 Å². The molecule has 4 saturated carbocycles. The van der Waals surface area contributed by atoms with E-state index >= 15 is 0 Å². The van der Waals surface area contributed by atoms with E-state index in [1.807, 2.05) is 42.7 Å². The van der Waals surface area contributed by atoms with Crippen LogP contribution >= 0.6 is 0 Å². The Kier molecular flexibility index (Phi) is 9.61. The van der Waals surface area contributed by atoms with Gasteiger partial charge in [0, 0.05) is 51.0 Å². The van der Waals surface area contributed by atoms with Gasteiger partial charge < -0.3 is 4.57 Å². The Morgan fingerprint density at radius 2 is 1.07 bits per heavy atom. The van der Waals surface area contributed by atoms with Crippen LogP contribution in [0.25, 0.3) is 111 Å². The molecule has 16 rings (SSSR count). The predicted octanol–water partition coefficient (Wildman–Crippen LogP) is 17.2. The summed E-state index contributed by atoms with van der Waals surface area (Å²) in [6.07, 6.45) is 10.7. The van der Waals surface area contributed by atoms with Crippen molar-refractivity contribution in [2.45, 2.75) is 57.3 Å². The van der Waals surface area contributed by atoms with Crippen molar-refractivity contribution in [1.29, 1.82) is 0 Å². The summed E-state index contributed by atoms with van der Waals surface area (Å²) >= 11 is 0. The highest BCUT2D eigenvalue weighted by molar-refractivity contribution is 6.21. The van der Waals surface area contributed by atoms with Gasteiger partial charge in [-0.2, -0.15) is 0 Å². The lowest BCUT2D eigenvalue weighted by molar-refractivity contribution is -0.0399. The zero-order chi connectivity index (χ0) is 49.2. The van der Waals surface area contributed by atoms with E-state index in [9.17, 15) is 0 Å². The van der Waals surface area contributed by atoms with Crippen LogP contribution in [0.1, 0.15) is 68.6 Å². The number of pyridine rings is 1. The molecule has 3 aromatic heterocycles. The molecule has 0 atom stereocenters. The van der Waals surface area contributed by atoms with Gasteiger partial charge in [0.15, 0.2) is 23.2 Å². The molecule has 0 unspecified atom stereocenters. The van der Waals surface area contributed by atoms with E-state index in [-0.39, 0.29) is 5.41 Å². The molecule has 354 valence electrons. The van der Waals surface area contributed by atoms with E-state index in [0.29, 0.717) is 40.9 Å². The number of fused-ring (bicyclic) bond motifs is 8. The molecule has 1 spiro atoms. The van der Waals surface area contributed by atoms with E-state index in [2.05, 4.69) is 174 Å². The standard InChI is InChI=1S/C68H52N6/c1-40(2)45-12-7-13-49(35-45)66-71-65(44-10-5-4-6-11-44)72-67(73-66)50-14-8-15-53(36-50)74-63-25-20-48(39-59(63)56-22-21-54-55(64(56)74)16-9-17-62(54)69-3)47-19-24-61-58(38-47)57-37-46(43-26-28-70-29-27-43)18-23-60(57)68(61)51-31-41-30-42(33-51)34-52(68)32-41/h4-29,35-42,51-52H,30-34H2,1-2H3. The summed E-state index contributed by atoms with van der Waals surface area (Å²) in [6, 6.07) is 64.0. The van der Waals surface area contributed by atoms with Gasteiger partial charge in [0.2, 0.25) is 0 Å². The molecule has 6 nitrogen and oxygen atoms in total. The van der Waals surface area contributed by atoms with E-state index in [0.717, 1.165) is 66.8 Å². The topological polar surface area (TPSA) is 60.9 Å². The monoisotopic (exact) mass is 952 g/mol. The molecule has 0 N–H and O–H groups in total. The van der Waals surface area contributed by atoms with Crippen LogP contribution in [-0.4, -0.2) is 24.5 Å². The first-order chi connectivity index (χ1) is 36.4. The Hall–Kier alpha value is -8.53. The molecule has 0 amide bonds. The third-order valence-corrected chi connectivity index (χ3v) is 17.7. The van der Waals surface area contributed by atoms with Gasteiger partial charge in [-0.3, -0.25) is 4.98 Å². The molecule has 11 aromatic rings. The van der Waals surface area contributed by atoms with Gasteiger partial charge in [-0.1, -0.05) is 135 Å². The molecule has 5 aliphatic carbocycles. The summed E-state index contributed by atoms with van der Waals surface area (Å²) in [6.45, 7) is 12.6. The summed E-state index contributed by atoms with van der Waals surface area (Å²) < 4.78 is 2.38. The number of hydrogen-bond acceptors (Lipinski definition) is 4. The number of hydrogen-bond donors (Lipinski definition) is 0. The van der Waals surface area contributed by atoms with Crippen molar-refractivity contribution in [1.82, 2.24) is 24.5 Å². The normalized spacial score (nSPS) is 20.2. The van der Waals surface area contributed by atoms with Crippen molar-refractivity contribution in [3.8, 4) is 73.2 Å². The minimum absolute atomic E-state index is 0.0787. The van der Waals surface area contributed by atoms with Crippen LogP contribution in [0.15, 0.2) is 188 Å². The van der Waals surface area contributed by atoms with Crippen molar-refractivity contribution in [3.63, 3.8) is 0 Å². The van der Waals surface area contributed by atoms with Crippen LogP contribution in [0, 0.1) is 30.2 Å². The second kappa shape index (κ2) is 16.5. The maximum atomic E-state index is 8.16. The van der Waals surface area contributed by atoms with Gasteiger partial charge in [0.05, 0.1) is 17.6 Å². The molecular formula is C68H52N6. The largest absolute Gasteiger partial charge is 0.309 e. The summed E-state index contributed by atoms with van der Waals surface area (Å²) in [7, 11) is 0. The fourth-order valence-corrected chi connectivity index (χ4v) is 14.7. The maximum Gasteiger partial charge on any atom is 0.194 e. The molecule has 74 heavy (non-hydrogen) atoms. The fraction of sp³-hybridized carbons (Fsp3) is 0.191. The molecule has 0 radical (unpaired) electrons. The summed E-state index contributed by atoms with van der Waals surface area (Å²) in [5.74, 6) is 5.39. The third kappa shape index (κ3) is 6.48. The van der Waals surface area contributed by atoms with Crippen molar-refractivity contribution >= 4 is 38.3 Å². The maximum absolute atomic E-state index is 8.16. The second-order valence-electron chi connectivity index (χ2n) is 21.9. The van der Waals surface area contributed by atoms with E-state index in [4.69, 9.17) is 21.5 Å². The van der Waals surface area contributed by atoms with Crippen LogP contribution < -0.4 is 0 Å². The first-order valence-corrected chi connectivity index (χ1v) is 26.5. The summed E-state index contributed by atoms with van der Waals surface area (Å²) in [5.41, 5.74) is 18.7. The fourth-order valence-electron chi connectivity index (χ4n) is 14.7. The predicted molar refractivity (Wildman–Crippen MR) is 300 cm³/mol. The Morgan fingerprint density at radius 3 is 1.76 bits per heavy atom. The highest BCUT2D eigenvalue weighted by atomic mass is 15.0. The smallest absolute Gasteiger partial charge is 0.194 e. The number of nitrogens with zero attached hydrogens (tertiary/aromatic N) is 6. The minimum Gasteiger partial charge on any atom is -0.309 e. The van der Waals surface area contributed by atoms with E-state index < -0.39 is 0 Å². The Morgan fingerprint density at radius 1 is 0.486 bits per heavy atom. The first kappa shape index (κ1) is 43.1.